The highest BCUT2D eigenvalue weighted by molar-refractivity contribution is 8.12. The smallest absolute Gasteiger partial charge is 0.207 e. The number of methoxy groups -OCH3 is 1. The van der Waals surface area contributed by atoms with Gasteiger partial charge in [0.15, 0.2) is 11.4 Å². The van der Waals surface area contributed by atoms with Gasteiger partial charge < -0.3 is 14.8 Å². The molecule has 1 aromatic carbocycles. The molecular formula is C18H26NO4PS. The van der Waals surface area contributed by atoms with Crippen LogP contribution in [0.25, 0.3) is 0 Å². The molecule has 1 aromatic rings. The van der Waals surface area contributed by atoms with Crippen LogP contribution in [0.1, 0.15) is 18.4 Å². The van der Waals surface area contributed by atoms with Crippen LogP contribution in [-0.2, 0) is 25.2 Å². The summed E-state index contributed by atoms with van der Waals surface area (Å²) in [4.78, 5) is 21.8. The van der Waals surface area contributed by atoms with Crippen molar-refractivity contribution in [3.63, 3.8) is 0 Å². The van der Waals surface area contributed by atoms with Gasteiger partial charge in [-0.2, -0.15) is 0 Å². The van der Waals surface area contributed by atoms with Gasteiger partial charge in [0.1, 0.15) is 0 Å². The van der Waals surface area contributed by atoms with Crippen molar-refractivity contribution in [3.05, 3.63) is 35.9 Å². The first-order valence-electron chi connectivity index (χ1n) is 8.33. The lowest BCUT2D eigenvalue weighted by atomic mass is 9.97. The lowest BCUT2D eigenvalue weighted by Gasteiger charge is -2.46. The maximum Gasteiger partial charge on any atom is 0.207 e. The molecule has 0 aromatic heterocycles. The number of hydrogen-bond acceptors (Lipinski definition) is 5. The number of thioether (sulfide) groups is 1. The predicted octanol–water partition coefficient (Wildman–Crippen LogP) is 2.86. The van der Waals surface area contributed by atoms with E-state index in [1.807, 2.05) is 18.2 Å². The van der Waals surface area contributed by atoms with Crippen LogP contribution in [0.4, 0.5) is 0 Å². The molecule has 25 heavy (non-hydrogen) atoms. The molecular weight excluding hydrogens is 357 g/mol. The number of nitrogens with one attached hydrogen (secondary N) is 1. The summed E-state index contributed by atoms with van der Waals surface area (Å²) in [5, 5.41) is 2.86. The van der Waals surface area contributed by atoms with Gasteiger partial charge in [0.2, 0.25) is 6.41 Å². The molecule has 4 unspecified atom stereocenters. The van der Waals surface area contributed by atoms with Crippen LogP contribution in [0.15, 0.2) is 30.3 Å². The summed E-state index contributed by atoms with van der Waals surface area (Å²) in [7, 11) is 1.18. The summed E-state index contributed by atoms with van der Waals surface area (Å²) in [5.74, 6) is -0.107. The summed E-state index contributed by atoms with van der Waals surface area (Å²) in [5.41, 5.74) is 2.26. The Hall–Kier alpha value is -0.940. The van der Waals surface area contributed by atoms with E-state index >= 15 is 0 Å². The van der Waals surface area contributed by atoms with Crippen LogP contribution in [0.2, 0.25) is 0 Å². The van der Waals surface area contributed by atoms with E-state index < -0.39 is 13.7 Å². The van der Waals surface area contributed by atoms with Crippen LogP contribution in [0.3, 0.4) is 0 Å². The van der Waals surface area contributed by atoms with Gasteiger partial charge in [-0.25, -0.2) is 0 Å². The lowest BCUT2D eigenvalue weighted by molar-refractivity contribution is -0.244. The second-order valence-corrected chi connectivity index (χ2v) is 9.50. The third-order valence-electron chi connectivity index (χ3n) is 4.63. The van der Waals surface area contributed by atoms with E-state index in [1.165, 1.54) is 17.3 Å². The Morgan fingerprint density at radius 3 is 2.84 bits per heavy atom. The molecule has 1 aliphatic heterocycles. The second-order valence-electron chi connectivity index (χ2n) is 6.18. The highest BCUT2D eigenvalue weighted by atomic mass is 32.2. The van der Waals surface area contributed by atoms with Gasteiger partial charge in [-0.15, -0.1) is 0 Å². The third kappa shape index (κ3) is 5.52. The number of rotatable bonds is 10. The zero-order valence-corrected chi connectivity index (χ0v) is 16.4. The Kier molecular flexibility index (Phi) is 8.37. The van der Waals surface area contributed by atoms with Gasteiger partial charge in [0, 0.05) is 31.0 Å². The number of ether oxygens (including phenoxy) is 2. The van der Waals surface area contributed by atoms with E-state index in [9.17, 15) is 9.59 Å². The minimum absolute atomic E-state index is 0.0371. The largest absolute Gasteiger partial charge is 0.356 e. The van der Waals surface area contributed by atoms with E-state index in [0.29, 0.717) is 18.8 Å². The van der Waals surface area contributed by atoms with E-state index in [4.69, 9.17) is 9.47 Å². The SMILES string of the molecule is COC1(C(CSC=O)P(C)Cc2ccccc2)CC(NC=O)CCO1. The summed E-state index contributed by atoms with van der Waals surface area (Å²) in [6.07, 6.45) is 3.07. The number of carbonyl (C=O) groups excluding carboxylic acids is 2. The average molecular weight is 383 g/mol. The predicted molar refractivity (Wildman–Crippen MR) is 104 cm³/mol. The molecule has 1 aliphatic rings. The van der Waals surface area contributed by atoms with Crippen LogP contribution < -0.4 is 5.32 Å². The Labute approximate surface area is 155 Å². The van der Waals surface area contributed by atoms with E-state index in [2.05, 4.69) is 24.1 Å². The van der Waals surface area contributed by atoms with Crippen molar-refractivity contribution in [2.75, 3.05) is 26.1 Å². The zero-order chi connectivity index (χ0) is 18.1. The van der Waals surface area contributed by atoms with Gasteiger partial charge in [-0.05, 0) is 24.8 Å². The Balaban J connectivity index is 2.20. The lowest BCUT2D eigenvalue weighted by Crippen LogP contribution is -2.55. The van der Waals surface area contributed by atoms with Crippen molar-refractivity contribution in [1.82, 2.24) is 5.32 Å². The number of amides is 1. The summed E-state index contributed by atoms with van der Waals surface area (Å²) < 4.78 is 12.0. The van der Waals surface area contributed by atoms with Gasteiger partial charge in [-0.3, -0.25) is 9.59 Å². The van der Waals surface area contributed by atoms with Crippen molar-refractivity contribution in [2.45, 2.75) is 36.5 Å². The summed E-state index contributed by atoms with van der Waals surface area (Å²) in [6, 6.07) is 10.4. The topological polar surface area (TPSA) is 64.6 Å². The van der Waals surface area contributed by atoms with E-state index in [0.717, 1.165) is 24.6 Å². The molecule has 138 valence electrons. The molecule has 5 nitrogen and oxygen atoms in total. The van der Waals surface area contributed by atoms with Crippen molar-refractivity contribution in [2.24, 2.45) is 0 Å². The molecule has 0 aliphatic carbocycles. The molecule has 2 rings (SSSR count). The fourth-order valence-corrected chi connectivity index (χ4v) is 7.08. The molecule has 1 heterocycles. The average Bonchev–Trinajstić information content (AvgIpc) is 2.63. The highest BCUT2D eigenvalue weighted by Gasteiger charge is 2.46. The standard InChI is InChI=1S/C18H26NO4PS/c1-22-18(10-16(19-13-20)8-9-23-18)17(12-25-14-21)24(2)11-15-6-4-3-5-7-15/h3-7,13-14,16-17H,8-12H2,1-2H3,(H,19,20). The molecule has 1 saturated heterocycles. The Morgan fingerprint density at radius 1 is 1.44 bits per heavy atom. The van der Waals surface area contributed by atoms with E-state index in [-0.39, 0.29) is 11.7 Å². The zero-order valence-electron chi connectivity index (χ0n) is 14.7. The maximum atomic E-state index is 11.0. The molecule has 1 amide bonds. The van der Waals surface area contributed by atoms with Crippen molar-refractivity contribution in [1.29, 1.82) is 0 Å². The highest BCUT2D eigenvalue weighted by Crippen LogP contribution is 2.50. The Morgan fingerprint density at radius 2 is 2.20 bits per heavy atom. The molecule has 0 spiro atoms. The minimum Gasteiger partial charge on any atom is -0.356 e. The summed E-state index contributed by atoms with van der Waals surface area (Å²) >= 11 is 1.26. The van der Waals surface area contributed by atoms with Crippen LogP contribution in [-0.4, -0.2) is 55.7 Å². The molecule has 0 bridgehead atoms. The van der Waals surface area contributed by atoms with Crippen LogP contribution >= 0.6 is 19.7 Å². The maximum absolute atomic E-state index is 11.0. The first-order valence-corrected chi connectivity index (χ1v) is 11.4. The fraction of sp³-hybridized carbons (Fsp3) is 0.556. The van der Waals surface area contributed by atoms with Crippen LogP contribution in [0, 0.1) is 0 Å². The van der Waals surface area contributed by atoms with Crippen molar-refractivity contribution in [3.8, 4) is 0 Å². The van der Waals surface area contributed by atoms with E-state index in [1.54, 1.807) is 7.11 Å². The minimum atomic E-state index is -0.760. The third-order valence-corrected chi connectivity index (χ3v) is 8.04. The molecule has 1 N–H and O–H groups in total. The van der Waals surface area contributed by atoms with Gasteiger partial charge in [0.25, 0.3) is 0 Å². The van der Waals surface area contributed by atoms with Crippen molar-refractivity contribution >= 4 is 31.7 Å². The monoisotopic (exact) mass is 383 g/mol. The Bertz CT molecular complexity index is 547. The normalized spacial score (nSPS) is 25.8. The van der Waals surface area contributed by atoms with Gasteiger partial charge in [0.05, 0.1) is 6.61 Å². The first-order chi connectivity index (χ1) is 12.1. The fourth-order valence-electron chi connectivity index (χ4n) is 3.33. The second kappa shape index (κ2) is 10.3. The number of benzene rings is 1. The molecule has 0 saturated carbocycles. The van der Waals surface area contributed by atoms with Gasteiger partial charge in [-0.1, -0.05) is 50.0 Å². The van der Waals surface area contributed by atoms with Crippen molar-refractivity contribution < 1.29 is 19.1 Å². The summed E-state index contributed by atoms with van der Waals surface area (Å²) in [6.45, 7) is 2.77. The quantitative estimate of drug-likeness (QED) is 0.497. The van der Waals surface area contributed by atoms with Crippen LogP contribution in [0.5, 0.6) is 0 Å². The van der Waals surface area contributed by atoms with Gasteiger partial charge >= 0.3 is 0 Å². The molecule has 0 radical (unpaired) electrons. The number of carbonyl (C=O) groups is 2. The first kappa shape index (κ1) is 20.4. The number of hydrogen-bond donors (Lipinski definition) is 1. The molecule has 1 fully saturated rings. The molecule has 7 heteroatoms. The molecule has 4 atom stereocenters.